The van der Waals surface area contributed by atoms with E-state index >= 15 is 0 Å². The van der Waals surface area contributed by atoms with Crippen molar-refractivity contribution in [2.45, 2.75) is 26.1 Å². The van der Waals surface area contributed by atoms with E-state index in [2.05, 4.69) is 4.74 Å². The molecule has 0 radical (unpaired) electrons. The van der Waals surface area contributed by atoms with Gasteiger partial charge in [0.2, 0.25) is 0 Å². The highest BCUT2D eigenvalue weighted by atomic mass is 35.5. The van der Waals surface area contributed by atoms with E-state index in [1.54, 1.807) is 6.92 Å². The number of benzene rings is 1. The van der Waals surface area contributed by atoms with Crippen molar-refractivity contribution in [1.82, 2.24) is 0 Å². The number of carbonyl (C=O) groups is 1. The van der Waals surface area contributed by atoms with E-state index in [4.69, 9.17) is 17.3 Å². The molecule has 0 aliphatic carbocycles. The molecule has 100 valence electrons. The molecule has 4 heteroatoms. The molecule has 0 unspecified atom stereocenters. The summed E-state index contributed by atoms with van der Waals surface area (Å²) in [6.45, 7) is 3.55. The van der Waals surface area contributed by atoms with Crippen LogP contribution in [-0.2, 0) is 15.4 Å². The van der Waals surface area contributed by atoms with Gasteiger partial charge in [0.05, 0.1) is 12.7 Å². The molecule has 3 nitrogen and oxygen atoms in total. The topological polar surface area (TPSA) is 52.3 Å². The molecule has 0 fully saturated rings. The molecule has 0 heterocycles. The highest BCUT2D eigenvalue weighted by molar-refractivity contribution is 6.17. The Morgan fingerprint density at radius 3 is 2.11 bits per heavy atom. The first-order valence-electron chi connectivity index (χ1n) is 5.70. The number of allylic oxidation sites excluding steroid dienone is 1. The van der Waals surface area contributed by atoms with Crippen LogP contribution in [0.4, 0.5) is 0 Å². The van der Waals surface area contributed by atoms with Crippen molar-refractivity contribution in [2.75, 3.05) is 7.11 Å². The molecule has 0 spiro atoms. The fraction of sp³-hybridized carbons (Fsp3) is 0.357. The van der Waals surface area contributed by atoms with Crippen LogP contribution in [0, 0.1) is 0 Å². The van der Waals surface area contributed by atoms with E-state index in [1.165, 1.54) is 12.7 Å². The highest BCUT2D eigenvalue weighted by Gasteiger charge is 2.08. The molecule has 2 N–H and O–H groups in total. The van der Waals surface area contributed by atoms with Crippen LogP contribution >= 0.6 is 11.6 Å². The van der Waals surface area contributed by atoms with E-state index in [9.17, 15) is 4.79 Å². The van der Waals surface area contributed by atoms with Crippen LogP contribution in [0.2, 0.25) is 0 Å². The van der Waals surface area contributed by atoms with Crippen LogP contribution in [0.15, 0.2) is 41.6 Å². The van der Waals surface area contributed by atoms with Crippen LogP contribution in [0.25, 0.3) is 0 Å². The normalized spacial score (nSPS) is 10.9. The van der Waals surface area contributed by atoms with Gasteiger partial charge in [-0.3, -0.25) is 0 Å². The number of hydrogen-bond acceptors (Lipinski definition) is 3. The second-order valence-electron chi connectivity index (χ2n) is 3.63. The Balaban J connectivity index is 0.000000327. The minimum atomic E-state index is -0.331. The highest BCUT2D eigenvalue weighted by Crippen LogP contribution is 2.05. The van der Waals surface area contributed by atoms with Crippen LogP contribution < -0.4 is 5.73 Å². The van der Waals surface area contributed by atoms with Gasteiger partial charge in [-0.05, 0) is 18.9 Å². The Bertz CT molecular complexity index is 384. The first-order valence-corrected chi connectivity index (χ1v) is 6.23. The van der Waals surface area contributed by atoms with E-state index in [0.29, 0.717) is 23.6 Å². The van der Waals surface area contributed by atoms with Gasteiger partial charge in [0, 0.05) is 11.6 Å². The van der Waals surface area contributed by atoms with Crippen molar-refractivity contribution in [3.8, 4) is 0 Å². The van der Waals surface area contributed by atoms with Crippen molar-refractivity contribution in [3.63, 3.8) is 0 Å². The summed E-state index contributed by atoms with van der Waals surface area (Å²) < 4.78 is 4.49. The molecule has 0 saturated carbocycles. The van der Waals surface area contributed by atoms with Gasteiger partial charge in [-0.25, -0.2) is 4.79 Å². The maximum Gasteiger partial charge on any atom is 0.335 e. The number of carbonyl (C=O) groups excluding carboxylic acids is 1. The average molecular weight is 270 g/mol. The number of rotatable bonds is 3. The molecule has 18 heavy (non-hydrogen) atoms. The van der Waals surface area contributed by atoms with E-state index in [-0.39, 0.29) is 5.97 Å². The van der Waals surface area contributed by atoms with Gasteiger partial charge in [-0.1, -0.05) is 37.3 Å². The Morgan fingerprint density at radius 2 is 1.89 bits per heavy atom. The molecule has 0 aromatic heterocycles. The number of nitrogens with two attached hydrogens (primary N) is 1. The molecule has 0 bridgehead atoms. The average Bonchev–Trinajstić information content (AvgIpc) is 2.40. The third kappa shape index (κ3) is 6.30. The summed E-state index contributed by atoms with van der Waals surface area (Å²) in [6, 6.07) is 9.96. The lowest BCUT2D eigenvalue weighted by Gasteiger charge is -2.02. The van der Waals surface area contributed by atoms with Crippen molar-refractivity contribution < 1.29 is 9.53 Å². The summed E-state index contributed by atoms with van der Waals surface area (Å²) >= 11 is 5.53. The maximum atomic E-state index is 10.8. The molecule has 0 saturated heterocycles. The largest absolute Gasteiger partial charge is 0.466 e. The molecule has 0 aliphatic heterocycles. The molecule has 1 aromatic rings. The van der Waals surface area contributed by atoms with Crippen molar-refractivity contribution in [2.24, 2.45) is 5.73 Å². The Hall–Kier alpha value is -1.48. The van der Waals surface area contributed by atoms with E-state index in [1.807, 2.05) is 37.3 Å². The number of esters is 1. The first kappa shape index (κ1) is 16.5. The third-order valence-electron chi connectivity index (χ3n) is 2.26. The van der Waals surface area contributed by atoms with Gasteiger partial charge in [0.25, 0.3) is 0 Å². The van der Waals surface area contributed by atoms with Crippen molar-refractivity contribution >= 4 is 17.6 Å². The van der Waals surface area contributed by atoms with Gasteiger partial charge in [-0.15, -0.1) is 11.6 Å². The number of methoxy groups -OCH3 is 1. The first-order chi connectivity index (χ1) is 8.56. The van der Waals surface area contributed by atoms with Gasteiger partial charge in [0.1, 0.15) is 0 Å². The van der Waals surface area contributed by atoms with Crippen LogP contribution in [0.5, 0.6) is 0 Å². The van der Waals surface area contributed by atoms with E-state index < -0.39 is 0 Å². The van der Waals surface area contributed by atoms with Gasteiger partial charge in [0.15, 0.2) is 0 Å². The minimum absolute atomic E-state index is 0.331. The lowest BCUT2D eigenvalue weighted by molar-refractivity contribution is -0.136. The van der Waals surface area contributed by atoms with Gasteiger partial charge >= 0.3 is 5.97 Å². The molecular weight excluding hydrogens is 250 g/mol. The van der Waals surface area contributed by atoms with Crippen LogP contribution in [0.1, 0.15) is 25.8 Å². The number of alkyl halides is 1. The number of ether oxygens (including phenoxy) is 1. The number of halogens is 1. The van der Waals surface area contributed by atoms with Crippen molar-refractivity contribution in [1.29, 1.82) is 0 Å². The predicted molar refractivity (Wildman–Crippen MR) is 75.2 cm³/mol. The molecule has 0 aliphatic rings. The maximum absolute atomic E-state index is 10.8. The van der Waals surface area contributed by atoms with Crippen LogP contribution in [0.3, 0.4) is 0 Å². The molecule has 1 aromatic carbocycles. The zero-order chi connectivity index (χ0) is 14.0. The molecule has 0 amide bonds. The van der Waals surface area contributed by atoms with Gasteiger partial charge in [-0.2, -0.15) is 0 Å². The van der Waals surface area contributed by atoms with Gasteiger partial charge < -0.3 is 10.5 Å². The molecule has 0 atom stereocenters. The standard InChI is InChI=1S/C7H7Cl.C7H13NO2/c8-6-7-4-2-1-3-5-7;1-4-6(5(2)8)7(9)10-3/h1-5H,6H2;4,8H2,1-3H3. The third-order valence-corrected chi connectivity index (χ3v) is 2.57. The second kappa shape index (κ2) is 9.54. The fourth-order valence-electron chi connectivity index (χ4n) is 1.27. The lowest BCUT2D eigenvalue weighted by atomic mass is 10.2. The van der Waals surface area contributed by atoms with E-state index in [0.717, 1.165) is 0 Å². The zero-order valence-corrected chi connectivity index (χ0v) is 11.8. The summed E-state index contributed by atoms with van der Waals surface area (Å²) in [5.41, 5.74) is 7.67. The summed E-state index contributed by atoms with van der Waals surface area (Å²) in [7, 11) is 1.35. The van der Waals surface area contributed by atoms with Crippen LogP contribution in [-0.4, -0.2) is 13.1 Å². The Labute approximate surface area is 114 Å². The monoisotopic (exact) mass is 269 g/mol. The fourth-order valence-corrected chi connectivity index (χ4v) is 1.45. The Kier molecular flexibility index (Phi) is 8.76. The Morgan fingerprint density at radius 1 is 1.33 bits per heavy atom. The zero-order valence-electron chi connectivity index (χ0n) is 11.1. The van der Waals surface area contributed by atoms with Crippen molar-refractivity contribution in [3.05, 3.63) is 47.2 Å². The molecule has 1 rings (SSSR count). The SMILES string of the molecule is CCC(C(=O)OC)=C(C)N.ClCc1ccccc1. The summed E-state index contributed by atoms with van der Waals surface area (Å²) in [5.74, 6) is 0.281. The minimum Gasteiger partial charge on any atom is -0.466 e. The number of hydrogen-bond donors (Lipinski definition) is 1. The smallest absolute Gasteiger partial charge is 0.335 e. The molecular formula is C14H20ClNO2. The predicted octanol–water partition coefficient (Wildman–Crippen LogP) is 3.23. The lowest BCUT2D eigenvalue weighted by Crippen LogP contribution is -2.09. The summed E-state index contributed by atoms with van der Waals surface area (Å²) in [6.07, 6.45) is 0.620. The summed E-state index contributed by atoms with van der Waals surface area (Å²) in [5, 5.41) is 0. The summed E-state index contributed by atoms with van der Waals surface area (Å²) in [4.78, 5) is 10.8. The quantitative estimate of drug-likeness (QED) is 0.521. The second-order valence-corrected chi connectivity index (χ2v) is 3.89.